The molecule has 0 bridgehead atoms. The van der Waals surface area contributed by atoms with Gasteiger partial charge in [0.15, 0.2) is 11.5 Å². The zero-order chi connectivity index (χ0) is 20.1. The quantitative estimate of drug-likeness (QED) is 0.310. The molecule has 1 aliphatic rings. The first-order valence-electron chi connectivity index (χ1n) is 8.76. The molecule has 0 aliphatic carbocycles. The average Bonchev–Trinajstić information content (AvgIpc) is 3.30. The van der Waals surface area contributed by atoms with Crippen LogP contribution in [0.15, 0.2) is 76.4 Å². The molecule has 0 saturated heterocycles. The molecular weight excluding hydrogens is 376 g/mol. The molecule has 1 N–H and O–H groups in total. The van der Waals surface area contributed by atoms with E-state index in [4.69, 9.17) is 18.6 Å². The van der Waals surface area contributed by atoms with Crippen LogP contribution in [0, 0.1) is 0 Å². The molecule has 1 atom stereocenters. The van der Waals surface area contributed by atoms with Crippen molar-refractivity contribution in [2.75, 3.05) is 6.61 Å². The lowest BCUT2D eigenvalue weighted by atomic mass is 10.2. The molecule has 3 aromatic rings. The van der Waals surface area contributed by atoms with E-state index in [-0.39, 0.29) is 12.4 Å². The summed E-state index contributed by atoms with van der Waals surface area (Å²) in [6.45, 7) is 0.105. The molecule has 0 saturated carbocycles. The van der Waals surface area contributed by atoms with Crippen molar-refractivity contribution in [2.45, 2.75) is 6.10 Å². The molecule has 29 heavy (non-hydrogen) atoms. The number of hydrazone groups is 1. The monoisotopic (exact) mass is 392 g/mol. The predicted molar refractivity (Wildman–Crippen MR) is 102 cm³/mol. The minimum Gasteiger partial charge on any atom is -0.485 e. The zero-order valence-electron chi connectivity index (χ0n) is 15.1. The number of carbonyl (C=O) groups is 2. The van der Waals surface area contributed by atoms with Crippen LogP contribution >= 0.6 is 0 Å². The molecule has 146 valence electrons. The number of carbonyl (C=O) groups excluding carboxylic acids is 2. The van der Waals surface area contributed by atoms with E-state index in [1.165, 1.54) is 18.5 Å². The Kier molecular flexibility index (Phi) is 5.24. The first-order valence-corrected chi connectivity index (χ1v) is 8.76. The van der Waals surface area contributed by atoms with E-state index in [2.05, 4.69) is 10.5 Å². The number of hydrogen-bond acceptors (Lipinski definition) is 7. The number of rotatable bonds is 5. The van der Waals surface area contributed by atoms with Gasteiger partial charge in [0.1, 0.15) is 12.4 Å². The van der Waals surface area contributed by atoms with Crippen molar-refractivity contribution in [3.63, 3.8) is 0 Å². The van der Waals surface area contributed by atoms with Gasteiger partial charge in [0.2, 0.25) is 11.9 Å². The molecule has 0 radical (unpaired) electrons. The van der Waals surface area contributed by atoms with Gasteiger partial charge in [0, 0.05) is 0 Å². The third-order valence-electron chi connectivity index (χ3n) is 4.00. The van der Waals surface area contributed by atoms with Crippen LogP contribution in [0.25, 0.3) is 0 Å². The largest absolute Gasteiger partial charge is 0.485 e. The van der Waals surface area contributed by atoms with Crippen molar-refractivity contribution < 1.29 is 28.2 Å². The second-order valence-electron chi connectivity index (χ2n) is 6.03. The van der Waals surface area contributed by atoms with Gasteiger partial charge in [-0.05, 0) is 54.1 Å². The summed E-state index contributed by atoms with van der Waals surface area (Å²) >= 11 is 0. The summed E-state index contributed by atoms with van der Waals surface area (Å²) in [6, 6.07) is 16.9. The maximum Gasteiger partial charge on any atom is 0.379 e. The minimum atomic E-state index is -0.787. The number of ether oxygens (including phenoxy) is 3. The highest BCUT2D eigenvalue weighted by molar-refractivity contribution is 5.88. The predicted octanol–water partition coefficient (Wildman–Crippen LogP) is 2.79. The average molecular weight is 392 g/mol. The lowest BCUT2D eigenvalue weighted by Gasteiger charge is -2.24. The van der Waals surface area contributed by atoms with Gasteiger partial charge in [-0.3, -0.25) is 4.79 Å². The molecule has 4 rings (SSSR count). The van der Waals surface area contributed by atoms with E-state index in [1.807, 2.05) is 6.07 Å². The maximum absolute atomic E-state index is 12.2. The number of nitrogens with one attached hydrogen (secondary N) is 1. The molecule has 8 heteroatoms. The second-order valence-corrected chi connectivity index (χ2v) is 6.03. The van der Waals surface area contributed by atoms with Gasteiger partial charge < -0.3 is 18.6 Å². The molecule has 0 fully saturated rings. The summed E-state index contributed by atoms with van der Waals surface area (Å²) in [5, 5.41) is 3.92. The lowest BCUT2D eigenvalue weighted by molar-refractivity contribution is -0.130. The smallest absolute Gasteiger partial charge is 0.379 e. The Morgan fingerprint density at radius 2 is 1.83 bits per heavy atom. The highest BCUT2D eigenvalue weighted by Gasteiger charge is 2.26. The Morgan fingerprint density at radius 3 is 2.59 bits per heavy atom. The Balaban J connectivity index is 1.29. The van der Waals surface area contributed by atoms with Crippen LogP contribution in [0.2, 0.25) is 0 Å². The van der Waals surface area contributed by atoms with Crippen molar-refractivity contribution in [1.29, 1.82) is 0 Å². The van der Waals surface area contributed by atoms with E-state index in [1.54, 1.807) is 48.5 Å². The van der Waals surface area contributed by atoms with Crippen molar-refractivity contribution in [3.8, 4) is 17.2 Å². The van der Waals surface area contributed by atoms with Gasteiger partial charge in [0.25, 0.3) is 5.91 Å². The SMILES string of the molecule is O=C(Oc1ccc(/C=N/NC(=O)C2COc3ccccc3O2)cc1)c1ccco1. The molecule has 0 spiro atoms. The van der Waals surface area contributed by atoms with Crippen molar-refractivity contribution in [2.24, 2.45) is 5.10 Å². The summed E-state index contributed by atoms with van der Waals surface area (Å²) in [7, 11) is 0. The maximum atomic E-state index is 12.2. The summed E-state index contributed by atoms with van der Waals surface area (Å²) in [5.41, 5.74) is 3.13. The molecule has 1 amide bonds. The Hall–Kier alpha value is -4.07. The Labute approximate surface area is 165 Å². The van der Waals surface area contributed by atoms with Crippen LogP contribution in [0.4, 0.5) is 0 Å². The van der Waals surface area contributed by atoms with Crippen LogP contribution in [-0.4, -0.2) is 30.8 Å². The van der Waals surface area contributed by atoms with Gasteiger partial charge in [-0.25, -0.2) is 10.2 Å². The molecule has 8 nitrogen and oxygen atoms in total. The van der Waals surface area contributed by atoms with Gasteiger partial charge in [-0.15, -0.1) is 0 Å². The number of amides is 1. The van der Waals surface area contributed by atoms with Crippen molar-refractivity contribution in [1.82, 2.24) is 5.43 Å². The Morgan fingerprint density at radius 1 is 1.03 bits per heavy atom. The minimum absolute atomic E-state index is 0.105. The third kappa shape index (κ3) is 4.44. The molecule has 1 aromatic heterocycles. The zero-order valence-corrected chi connectivity index (χ0v) is 15.1. The fourth-order valence-electron chi connectivity index (χ4n) is 2.57. The van der Waals surface area contributed by atoms with Crippen molar-refractivity contribution in [3.05, 3.63) is 78.3 Å². The Bertz CT molecular complexity index is 1030. The number of para-hydroxylation sites is 2. The van der Waals surface area contributed by atoms with E-state index < -0.39 is 18.0 Å². The number of hydrogen-bond donors (Lipinski definition) is 1. The van der Waals surface area contributed by atoms with E-state index in [9.17, 15) is 9.59 Å². The van der Waals surface area contributed by atoms with Crippen LogP contribution < -0.4 is 19.6 Å². The van der Waals surface area contributed by atoms with Gasteiger partial charge in [-0.1, -0.05) is 12.1 Å². The summed E-state index contributed by atoms with van der Waals surface area (Å²) in [4.78, 5) is 24.0. The van der Waals surface area contributed by atoms with Crippen molar-refractivity contribution >= 4 is 18.1 Å². The molecule has 1 unspecified atom stereocenters. The number of esters is 1. The van der Waals surface area contributed by atoms with E-state index in [0.717, 1.165) is 0 Å². The summed E-state index contributed by atoms with van der Waals surface area (Å²) in [5.74, 6) is 0.601. The molecule has 2 aromatic carbocycles. The summed E-state index contributed by atoms with van der Waals surface area (Å²) < 4.78 is 21.3. The van der Waals surface area contributed by atoms with Crippen LogP contribution in [0.1, 0.15) is 16.1 Å². The fraction of sp³-hybridized carbons (Fsp3) is 0.0952. The lowest BCUT2D eigenvalue weighted by Crippen LogP contribution is -2.42. The highest BCUT2D eigenvalue weighted by atomic mass is 16.6. The first kappa shape index (κ1) is 18.3. The first-order chi connectivity index (χ1) is 14.2. The van der Waals surface area contributed by atoms with Gasteiger partial charge in [-0.2, -0.15) is 5.10 Å². The molecule has 2 heterocycles. The van der Waals surface area contributed by atoms with Crippen LogP contribution in [0.3, 0.4) is 0 Å². The summed E-state index contributed by atoms with van der Waals surface area (Å²) in [6.07, 6.45) is 2.08. The molecular formula is C21H16N2O6. The number of furan rings is 1. The van der Waals surface area contributed by atoms with Crippen LogP contribution in [0.5, 0.6) is 17.2 Å². The van der Waals surface area contributed by atoms with E-state index >= 15 is 0 Å². The highest BCUT2D eigenvalue weighted by Crippen LogP contribution is 2.30. The van der Waals surface area contributed by atoms with Crippen LogP contribution in [-0.2, 0) is 4.79 Å². The second kappa shape index (κ2) is 8.30. The normalized spacial score (nSPS) is 15.1. The standard InChI is InChI=1S/C21H16N2O6/c24-20(19-13-27-16-4-1-2-5-17(16)29-19)23-22-12-14-7-9-15(10-8-14)28-21(25)18-6-3-11-26-18/h1-12,19H,13H2,(H,23,24)/b22-12+. The number of benzene rings is 2. The molecule has 1 aliphatic heterocycles. The third-order valence-corrected chi connectivity index (χ3v) is 4.00. The topological polar surface area (TPSA) is 99.4 Å². The van der Waals surface area contributed by atoms with Gasteiger partial charge >= 0.3 is 5.97 Å². The van der Waals surface area contributed by atoms with Gasteiger partial charge in [0.05, 0.1) is 12.5 Å². The van der Waals surface area contributed by atoms with E-state index in [0.29, 0.717) is 22.8 Å². The number of nitrogens with zero attached hydrogens (tertiary/aromatic N) is 1. The fourth-order valence-corrected chi connectivity index (χ4v) is 2.57. The number of fused-ring (bicyclic) bond motifs is 1.